The van der Waals surface area contributed by atoms with Crippen molar-refractivity contribution in [3.63, 3.8) is 0 Å². The van der Waals surface area contributed by atoms with Gasteiger partial charge in [0, 0.05) is 44.0 Å². The summed E-state index contributed by atoms with van der Waals surface area (Å²) in [6.07, 6.45) is -4.89. The number of nitro groups is 1. The summed E-state index contributed by atoms with van der Waals surface area (Å²) in [5.74, 6) is -2.20. The molecule has 3 rings (SSSR count). The molecule has 170 valence electrons. The average molecular weight is 471 g/mol. The van der Waals surface area contributed by atoms with E-state index in [4.69, 9.17) is 11.6 Å². The predicted molar refractivity (Wildman–Crippen MR) is 112 cm³/mol. The fraction of sp³-hybridized carbons (Fsp3) is 0.300. The second-order valence-corrected chi connectivity index (χ2v) is 7.50. The number of carbonyl (C=O) groups excluding carboxylic acids is 2. The van der Waals surface area contributed by atoms with Crippen LogP contribution in [0.5, 0.6) is 0 Å². The molecule has 1 N–H and O–H groups in total. The number of anilines is 2. The van der Waals surface area contributed by atoms with Crippen LogP contribution in [0.1, 0.15) is 5.56 Å². The van der Waals surface area contributed by atoms with Crippen LogP contribution in [0, 0.1) is 10.1 Å². The smallest absolute Gasteiger partial charge is 0.367 e. The number of nitrogens with one attached hydrogen (secondary N) is 1. The van der Waals surface area contributed by atoms with Gasteiger partial charge >= 0.3 is 12.1 Å². The summed E-state index contributed by atoms with van der Waals surface area (Å²) in [6, 6.07) is 10.4. The monoisotopic (exact) mass is 470 g/mol. The molecular formula is C20H18ClF3N4O4. The number of nitrogens with zero attached hydrogens (tertiary/aromatic N) is 3. The molecular weight excluding hydrogens is 453 g/mol. The summed E-state index contributed by atoms with van der Waals surface area (Å²) >= 11 is 6.31. The van der Waals surface area contributed by atoms with Crippen molar-refractivity contribution < 1.29 is 27.7 Å². The predicted octanol–water partition coefficient (Wildman–Crippen LogP) is 3.64. The standard InChI is InChI=1S/C20H18ClF3N4O4/c21-16-12-14(25-18(29)11-13-1-4-15(5-2-13)28(31)32)3-6-17(16)26-7-9-27(10-8-26)19(30)20(22,23)24/h1-6,12H,7-11H2,(H,25,29). The minimum Gasteiger partial charge on any atom is -0.367 e. The van der Waals surface area contributed by atoms with Gasteiger partial charge < -0.3 is 15.1 Å². The molecule has 1 aliphatic heterocycles. The van der Waals surface area contributed by atoms with Gasteiger partial charge in [-0.25, -0.2) is 0 Å². The van der Waals surface area contributed by atoms with Gasteiger partial charge in [0.25, 0.3) is 5.69 Å². The van der Waals surface area contributed by atoms with Crippen molar-refractivity contribution in [3.05, 3.63) is 63.2 Å². The first-order chi connectivity index (χ1) is 15.0. The molecule has 2 aromatic rings. The summed E-state index contributed by atoms with van der Waals surface area (Å²) < 4.78 is 37.7. The lowest BCUT2D eigenvalue weighted by molar-refractivity contribution is -0.384. The van der Waals surface area contributed by atoms with Crippen LogP contribution in [0.25, 0.3) is 0 Å². The van der Waals surface area contributed by atoms with E-state index in [2.05, 4.69) is 5.32 Å². The van der Waals surface area contributed by atoms with Gasteiger partial charge in [0.15, 0.2) is 0 Å². The molecule has 32 heavy (non-hydrogen) atoms. The maximum absolute atomic E-state index is 12.6. The quantitative estimate of drug-likeness (QED) is 0.531. The Bertz CT molecular complexity index is 1020. The van der Waals surface area contributed by atoms with Crippen LogP contribution >= 0.6 is 11.6 Å². The number of non-ortho nitro benzene ring substituents is 1. The lowest BCUT2D eigenvalue weighted by Crippen LogP contribution is -2.52. The molecule has 0 aliphatic carbocycles. The van der Waals surface area contributed by atoms with Gasteiger partial charge in [0.05, 0.1) is 22.1 Å². The highest BCUT2D eigenvalue weighted by atomic mass is 35.5. The van der Waals surface area contributed by atoms with Crippen LogP contribution in [-0.2, 0) is 16.0 Å². The topological polar surface area (TPSA) is 95.8 Å². The fourth-order valence-electron chi connectivity index (χ4n) is 3.30. The van der Waals surface area contributed by atoms with Crippen molar-refractivity contribution in [1.29, 1.82) is 0 Å². The van der Waals surface area contributed by atoms with Crippen LogP contribution in [0.4, 0.5) is 30.2 Å². The number of alkyl halides is 3. The van der Waals surface area contributed by atoms with E-state index in [9.17, 15) is 32.9 Å². The number of amides is 2. The highest BCUT2D eigenvalue weighted by Gasteiger charge is 2.43. The Morgan fingerprint density at radius 1 is 1.06 bits per heavy atom. The van der Waals surface area contributed by atoms with Crippen LogP contribution in [-0.4, -0.2) is 54.0 Å². The minimum atomic E-state index is -4.89. The van der Waals surface area contributed by atoms with Crippen molar-refractivity contribution in [3.8, 4) is 0 Å². The zero-order valence-corrected chi connectivity index (χ0v) is 17.3. The third-order valence-corrected chi connectivity index (χ3v) is 5.20. The number of halogens is 4. The summed E-state index contributed by atoms with van der Waals surface area (Å²) in [6.45, 7) is 0.214. The summed E-state index contributed by atoms with van der Waals surface area (Å²) in [4.78, 5) is 36.3. The van der Waals surface area contributed by atoms with E-state index < -0.39 is 17.0 Å². The number of piperazine rings is 1. The number of benzene rings is 2. The third kappa shape index (κ3) is 5.67. The normalized spacial score (nSPS) is 14.2. The van der Waals surface area contributed by atoms with Gasteiger partial charge in [-0.05, 0) is 23.8 Å². The van der Waals surface area contributed by atoms with Crippen LogP contribution in [0.2, 0.25) is 5.02 Å². The van der Waals surface area contributed by atoms with Gasteiger partial charge in [-0.15, -0.1) is 0 Å². The number of hydrogen-bond acceptors (Lipinski definition) is 5. The summed E-state index contributed by atoms with van der Waals surface area (Å²) in [5.41, 5.74) is 1.54. The SMILES string of the molecule is O=C(Cc1ccc([N+](=O)[O-])cc1)Nc1ccc(N2CCN(C(=O)C(F)(F)F)CC2)c(Cl)c1. The Balaban J connectivity index is 1.57. The third-order valence-electron chi connectivity index (χ3n) is 4.89. The first-order valence-corrected chi connectivity index (χ1v) is 9.86. The Kier molecular flexibility index (Phi) is 6.87. The first-order valence-electron chi connectivity index (χ1n) is 9.48. The maximum atomic E-state index is 12.6. The summed E-state index contributed by atoms with van der Waals surface area (Å²) in [7, 11) is 0. The van der Waals surface area contributed by atoms with Crippen molar-refractivity contribution in [2.45, 2.75) is 12.6 Å². The molecule has 8 nitrogen and oxygen atoms in total. The summed E-state index contributed by atoms with van der Waals surface area (Å²) in [5, 5.41) is 13.7. The van der Waals surface area contributed by atoms with Gasteiger partial charge in [0.1, 0.15) is 0 Å². The van der Waals surface area contributed by atoms with E-state index in [0.717, 1.165) is 4.90 Å². The lowest BCUT2D eigenvalue weighted by Gasteiger charge is -2.36. The molecule has 0 saturated carbocycles. The highest BCUT2D eigenvalue weighted by Crippen LogP contribution is 2.30. The number of rotatable bonds is 5. The molecule has 0 unspecified atom stereocenters. The second kappa shape index (κ2) is 9.43. The molecule has 0 radical (unpaired) electrons. The largest absolute Gasteiger partial charge is 0.471 e. The lowest BCUT2D eigenvalue weighted by atomic mass is 10.1. The van der Waals surface area contributed by atoms with E-state index in [0.29, 0.717) is 22.0 Å². The Morgan fingerprint density at radius 2 is 1.69 bits per heavy atom. The van der Waals surface area contributed by atoms with E-state index >= 15 is 0 Å². The molecule has 2 aromatic carbocycles. The molecule has 12 heteroatoms. The molecule has 1 saturated heterocycles. The maximum Gasteiger partial charge on any atom is 0.471 e. The molecule has 1 fully saturated rings. The van der Waals surface area contributed by atoms with E-state index in [-0.39, 0.29) is 44.2 Å². The van der Waals surface area contributed by atoms with E-state index in [1.807, 2.05) is 0 Å². The average Bonchev–Trinajstić information content (AvgIpc) is 2.73. The number of hydrogen-bond donors (Lipinski definition) is 1. The molecule has 0 atom stereocenters. The van der Waals surface area contributed by atoms with Crippen molar-refractivity contribution >= 4 is 40.5 Å². The fourth-order valence-corrected chi connectivity index (χ4v) is 3.60. The van der Waals surface area contributed by atoms with Crippen LogP contribution in [0.3, 0.4) is 0 Å². The zero-order chi connectivity index (χ0) is 23.5. The van der Waals surface area contributed by atoms with E-state index in [1.165, 1.54) is 30.3 Å². The molecule has 0 aromatic heterocycles. The number of nitro benzene ring substituents is 1. The zero-order valence-electron chi connectivity index (χ0n) is 16.6. The Morgan fingerprint density at radius 3 is 2.22 bits per heavy atom. The van der Waals surface area contributed by atoms with Crippen LogP contribution < -0.4 is 10.2 Å². The van der Waals surface area contributed by atoms with E-state index in [1.54, 1.807) is 17.0 Å². The van der Waals surface area contributed by atoms with Crippen molar-refractivity contribution in [2.75, 3.05) is 36.4 Å². The number of carbonyl (C=O) groups is 2. The minimum absolute atomic E-state index is 0.00651. The molecule has 0 spiro atoms. The molecule has 2 amide bonds. The Hall–Kier alpha value is -3.34. The van der Waals surface area contributed by atoms with Crippen LogP contribution in [0.15, 0.2) is 42.5 Å². The highest BCUT2D eigenvalue weighted by molar-refractivity contribution is 6.33. The van der Waals surface area contributed by atoms with Gasteiger partial charge in [-0.2, -0.15) is 13.2 Å². The van der Waals surface area contributed by atoms with Gasteiger partial charge in [-0.1, -0.05) is 23.7 Å². The van der Waals surface area contributed by atoms with Gasteiger partial charge in [0.2, 0.25) is 5.91 Å². The van der Waals surface area contributed by atoms with Crippen molar-refractivity contribution in [1.82, 2.24) is 4.90 Å². The first kappa shape index (κ1) is 23.3. The Labute approximate surface area is 185 Å². The van der Waals surface area contributed by atoms with Crippen molar-refractivity contribution in [2.24, 2.45) is 0 Å². The second-order valence-electron chi connectivity index (χ2n) is 7.09. The molecule has 1 heterocycles. The molecule has 1 aliphatic rings. The molecule has 0 bridgehead atoms. The van der Waals surface area contributed by atoms with Gasteiger partial charge in [-0.3, -0.25) is 19.7 Å².